The Morgan fingerprint density at radius 1 is 1.32 bits per heavy atom. The molecule has 1 unspecified atom stereocenters. The van der Waals surface area contributed by atoms with Crippen molar-refractivity contribution in [3.8, 4) is 0 Å². The van der Waals surface area contributed by atoms with Crippen LogP contribution in [0.25, 0.3) is 0 Å². The fourth-order valence-electron chi connectivity index (χ4n) is 2.46. The van der Waals surface area contributed by atoms with Crippen molar-refractivity contribution in [2.24, 2.45) is 18.0 Å². The molecule has 0 spiro atoms. The van der Waals surface area contributed by atoms with Crippen LogP contribution in [0.3, 0.4) is 0 Å². The number of ether oxygens (including phenoxy) is 2. The molecule has 0 aromatic carbocycles. The Labute approximate surface area is 167 Å². The summed E-state index contributed by atoms with van der Waals surface area (Å²) >= 11 is 0. The summed E-state index contributed by atoms with van der Waals surface area (Å²) in [6.45, 7) is 4.65. The highest BCUT2D eigenvalue weighted by Crippen LogP contribution is 2.32. The molecule has 0 radical (unpaired) electrons. The average molecular weight is 466 g/mol. The van der Waals surface area contributed by atoms with Crippen LogP contribution in [0.5, 0.6) is 0 Å². The largest absolute Gasteiger partial charge is 0.385 e. The summed E-state index contributed by atoms with van der Waals surface area (Å²) in [4.78, 5) is 4.67. The van der Waals surface area contributed by atoms with Gasteiger partial charge in [0.05, 0.1) is 12.6 Å². The van der Waals surface area contributed by atoms with E-state index in [4.69, 9.17) is 9.47 Å². The number of aliphatic imine (C=N–C) groups is 1. The molecule has 8 nitrogen and oxygen atoms in total. The lowest BCUT2D eigenvalue weighted by atomic mass is 10.2. The van der Waals surface area contributed by atoms with Gasteiger partial charge in [-0.2, -0.15) is 0 Å². The van der Waals surface area contributed by atoms with Crippen LogP contribution in [-0.4, -0.2) is 60.7 Å². The fraction of sp³-hybridized carbons (Fsp3) is 0.812. The van der Waals surface area contributed by atoms with Crippen LogP contribution < -0.4 is 10.6 Å². The number of guanidine groups is 1. The zero-order valence-corrected chi connectivity index (χ0v) is 17.9. The number of hydrogen-bond acceptors (Lipinski definition) is 5. The monoisotopic (exact) mass is 466 g/mol. The molecule has 0 saturated heterocycles. The fourth-order valence-corrected chi connectivity index (χ4v) is 2.46. The second kappa shape index (κ2) is 11.6. The second-order valence-electron chi connectivity index (χ2n) is 6.20. The van der Waals surface area contributed by atoms with Gasteiger partial charge in [0.1, 0.15) is 12.4 Å². The number of hydrogen-bond donors (Lipinski definition) is 2. The molecule has 1 aliphatic carbocycles. The van der Waals surface area contributed by atoms with Crippen molar-refractivity contribution in [1.82, 2.24) is 25.4 Å². The molecule has 25 heavy (non-hydrogen) atoms. The molecule has 0 amide bonds. The maximum atomic E-state index is 5.34. The van der Waals surface area contributed by atoms with E-state index in [-0.39, 0.29) is 24.0 Å². The first-order valence-corrected chi connectivity index (χ1v) is 8.53. The van der Waals surface area contributed by atoms with Gasteiger partial charge in [-0.3, -0.25) is 0 Å². The first kappa shape index (κ1) is 22.1. The van der Waals surface area contributed by atoms with Crippen LogP contribution in [0.2, 0.25) is 0 Å². The molecule has 0 aliphatic heterocycles. The summed E-state index contributed by atoms with van der Waals surface area (Å²) in [5.41, 5.74) is 0. The highest BCUT2D eigenvalue weighted by Gasteiger charge is 2.31. The van der Waals surface area contributed by atoms with E-state index in [0.29, 0.717) is 25.1 Å². The lowest BCUT2D eigenvalue weighted by molar-refractivity contribution is 0.165. The molecule has 0 bridgehead atoms. The maximum Gasteiger partial charge on any atom is 0.192 e. The highest BCUT2D eigenvalue weighted by atomic mass is 127. The predicted octanol–water partition coefficient (Wildman–Crippen LogP) is 1.24. The van der Waals surface area contributed by atoms with Gasteiger partial charge in [-0.25, -0.2) is 4.99 Å². The van der Waals surface area contributed by atoms with Crippen LogP contribution in [-0.2, 0) is 23.1 Å². The number of rotatable bonds is 10. The summed E-state index contributed by atoms with van der Waals surface area (Å²) in [6.07, 6.45) is 3.43. The molecule has 9 heteroatoms. The third-order valence-corrected chi connectivity index (χ3v) is 4.24. The summed E-state index contributed by atoms with van der Waals surface area (Å²) in [5, 5.41) is 15.1. The molecule has 1 aromatic rings. The van der Waals surface area contributed by atoms with Crippen LogP contribution >= 0.6 is 24.0 Å². The minimum absolute atomic E-state index is 0. The lowest BCUT2D eigenvalue weighted by Crippen LogP contribution is -2.46. The summed E-state index contributed by atoms with van der Waals surface area (Å²) in [5.74, 6) is 3.20. The van der Waals surface area contributed by atoms with Gasteiger partial charge in [0.2, 0.25) is 0 Å². The van der Waals surface area contributed by atoms with Gasteiger partial charge < -0.3 is 24.7 Å². The molecule has 1 atom stereocenters. The number of nitrogens with one attached hydrogen (secondary N) is 2. The third kappa shape index (κ3) is 7.45. The van der Waals surface area contributed by atoms with Gasteiger partial charge in [0.15, 0.2) is 11.8 Å². The van der Waals surface area contributed by atoms with Crippen molar-refractivity contribution in [3.63, 3.8) is 0 Å². The van der Waals surface area contributed by atoms with Crippen molar-refractivity contribution < 1.29 is 9.47 Å². The van der Waals surface area contributed by atoms with Crippen molar-refractivity contribution in [2.75, 3.05) is 34.0 Å². The molecular formula is C16H31IN6O2. The highest BCUT2D eigenvalue weighted by molar-refractivity contribution is 14.0. The average Bonchev–Trinajstić information content (AvgIpc) is 3.37. The number of aromatic nitrogens is 3. The Morgan fingerprint density at radius 2 is 2.08 bits per heavy atom. The molecule has 2 N–H and O–H groups in total. The van der Waals surface area contributed by atoms with E-state index in [9.17, 15) is 0 Å². The maximum absolute atomic E-state index is 5.34. The molecule has 1 aliphatic rings. The Balaban J connectivity index is 0.00000312. The number of halogens is 1. The topological polar surface area (TPSA) is 85.6 Å². The van der Waals surface area contributed by atoms with Crippen molar-refractivity contribution in [2.45, 2.75) is 38.8 Å². The van der Waals surface area contributed by atoms with E-state index in [1.165, 1.54) is 12.8 Å². The molecule has 1 saturated carbocycles. The zero-order chi connectivity index (χ0) is 17.4. The normalized spacial score (nSPS) is 15.6. The Kier molecular flexibility index (Phi) is 10.3. The van der Waals surface area contributed by atoms with Gasteiger partial charge in [0, 0.05) is 34.4 Å². The quantitative estimate of drug-likeness (QED) is 0.234. The van der Waals surface area contributed by atoms with Crippen LogP contribution in [0.4, 0.5) is 0 Å². The van der Waals surface area contributed by atoms with Gasteiger partial charge in [-0.15, -0.1) is 34.2 Å². The molecule has 144 valence electrons. The van der Waals surface area contributed by atoms with E-state index in [2.05, 4.69) is 25.8 Å². The molecule has 2 rings (SSSR count). The van der Waals surface area contributed by atoms with Gasteiger partial charge in [-0.1, -0.05) is 0 Å². The Bertz CT molecular complexity index is 533. The SMILES string of the molecule is COCCCNC(=NCc1nnc(C)n1C)NC(COC)C1CC1.I. The summed E-state index contributed by atoms with van der Waals surface area (Å²) in [6, 6.07) is 0.296. The molecule has 1 fully saturated rings. The van der Waals surface area contributed by atoms with E-state index in [1.54, 1.807) is 14.2 Å². The summed E-state index contributed by atoms with van der Waals surface area (Å²) in [7, 11) is 5.41. The van der Waals surface area contributed by atoms with E-state index in [1.807, 2.05) is 18.5 Å². The Hall–Kier alpha value is -0.940. The number of aryl methyl sites for hydroxylation is 1. The van der Waals surface area contributed by atoms with Gasteiger partial charge in [0.25, 0.3) is 0 Å². The van der Waals surface area contributed by atoms with Crippen LogP contribution in [0, 0.1) is 12.8 Å². The van der Waals surface area contributed by atoms with E-state index < -0.39 is 0 Å². The molecular weight excluding hydrogens is 435 g/mol. The lowest BCUT2D eigenvalue weighted by Gasteiger charge is -2.21. The van der Waals surface area contributed by atoms with Gasteiger partial charge >= 0.3 is 0 Å². The minimum Gasteiger partial charge on any atom is -0.385 e. The standard InChI is InChI=1S/C16H30N6O2.HI/c1-12-20-21-15(22(12)2)10-18-16(17-8-5-9-23-3)19-14(11-24-4)13-6-7-13;/h13-14H,5-11H2,1-4H3,(H2,17,18,19);1H. The predicted molar refractivity (Wildman–Crippen MR) is 108 cm³/mol. The number of methoxy groups -OCH3 is 2. The summed E-state index contributed by atoms with van der Waals surface area (Å²) < 4.78 is 12.4. The first-order valence-electron chi connectivity index (χ1n) is 8.53. The zero-order valence-electron chi connectivity index (χ0n) is 15.6. The third-order valence-electron chi connectivity index (χ3n) is 4.24. The molecule has 1 heterocycles. The minimum atomic E-state index is 0. The van der Waals surface area contributed by atoms with Crippen molar-refractivity contribution in [3.05, 3.63) is 11.6 Å². The van der Waals surface area contributed by atoms with Crippen LogP contribution in [0.1, 0.15) is 30.9 Å². The van der Waals surface area contributed by atoms with E-state index in [0.717, 1.165) is 37.2 Å². The second-order valence-corrected chi connectivity index (χ2v) is 6.20. The van der Waals surface area contributed by atoms with Crippen molar-refractivity contribution >= 4 is 29.9 Å². The van der Waals surface area contributed by atoms with Crippen molar-refractivity contribution in [1.29, 1.82) is 0 Å². The Morgan fingerprint density at radius 3 is 2.64 bits per heavy atom. The van der Waals surface area contributed by atoms with E-state index >= 15 is 0 Å². The molecule has 1 aromatic heterocycles. The first-order chi connectivity index (χ1) is 11.7. The van der Waals surface area contributed by atoms with Crippen LogP contribution in [0.15, 0.2) is 4.99 Å². The smallest absolute Gasteiger partial charge is 0.192 e. The number of nitrogens with zero attached hydrogens (tertiary/aromatic N) is 4. The van der Waals surface area contributed by atoms with Gasteiger partial charge in [-0.05, 0) is 32.1 Å².